The molecule has 0 aliphatic carbocycles. The highest BCUT2D eigenvalue weighted by Gasteiger charge is 2.10. The quantitative estimate of drug-likeness (QED) is 0.886. The van der Waals surface area contributed by atoms with Gasteiger partial charge in [-0.2, -0.15) is 0 Å². The molecule has 3 heteroatoms. The fourth-order valence-corrected chi connectivity index (χ4v) is 2.36. The highest BCUT2D eigenvalue weighted by Crippen LogP contribution is 2.10. The number of hydrogen-bond acceptors (Lipinski definition) is 2. The van der Waals surface area contributed by atoms with Gasteiger partial charge in [0.05, 0.1) is 0 Å². The number of likely N-dealkylation sites (tertiary alicyclic amines) is 1. The number of benzene rings is 1. The third-order valence-corrected chi connectivity index (χ3v) is 3.41. The number of carbonyl (C=O) groups is 1. The fraction of sp³-hybridized carbons (Fsp3) is 0.533. The molecule has 1 aromatic carbocycles. The molecule has 0 bridgehead atoms. The number of rotatable bonds is 4. The summed E-state index contributed by atoms with van der Waals surface area (Å²) in [6.45, 7) is 3.19. The average molecular weight is 246 g/mol. The second-order valence-electron chi connectivity index (χ2n) is 4.92. The lowest BCUT2D eigenvalue weighted by atomic mass is 10.2. The molecule has 0 atom stereocenters. The van der Waals surface area contributed by atoms with Crippen LogP contribution in [-0.4, -0.2) is 30.4 Å². The zero-order valence-corrected chi connectivity index (χ0v) is 10.9. The van der Waals surface area contributed by atoms with Crippen LogP contribution in [0.25, 0.3) is 0 Å². The van der Waals surface area contributed by atoms with E-state index in [0.717, 1.165) is 25.3 Å². The van der Waals surface area contributed by atoms with Crippen molar-refractivity contribution >= 4 is 11.6 Å². The second kappa shape index (κ2) is 7.17. The molecule has 1 heterocycles. The molecule has 0 aromatic heterocycles. The van der Waals surface area contributed by atoms with Crippen LogP contribution in [0.5, 0.6) is 0 Å². The molecule has 0 spiro atoms. The number of nitrogens with one attached hydrogen (secondary N) is 1. The summed E-state index contributed by atoms with van der Waals surface area (Å²) in [4.78, 5) is 14.2. The maximum Gasteiger partial charge on any atom is 0.225 e. The third-order valence-electron chi connectivity index (χ3n) is 3.41. The average Bonchev–Trinajstić information content (AvgIpc) is 2.66. The molecule has 1 amide bonds. The topological polar surface area (TPSA) is 32.3 Å². The van der Waals surface area contributed by atoms with Gasteiger partial charge in [0.1, 0.15) is 0 Å². The van der Waals surface area contributed by atoms with Crippen LogP contribution in [0.15, 0.2) is 30.3 Å². The van der Waals surface area contributed by atoms with Gasteiger partial charge in [-0.05, 0) is 38.1 Å². The van der Waals surface area contributed by atoms with E-state index in [1.165, 1.54) is 25.7 Å². The molecule has 1 aliphatic heterocycles. The molecule has 18 heavy (non-hydrogen) atoms. The lowest BCUT2D eigenvalue weighted by Gasteiger charge is -2.19. The van der Waals surface area contributed by atoms with Crippen LogP contribution in [0.2, 0.25) is 0 Å². The summed E-state index contributed by atoms with van der Waals surface area (Å²) in [5, 5.41) is 2.93. The molecule has 3 nitrogen and oxygen atoms in total. The van der Waals surface area contributed by atoms with E-state index >= 15 is 0 Å². The molecule has 0 radical (unpaired) electrons. The van der Waals surface area contributed by atoms with Gasteiger partial charge in [0, 0.05) is 18.7 Å². The van der Waals surface area contributed by atoms with Gasteiger partial charge >= 0.3 is 0 Å². The van der Waals surface area contributed by atoms with Crippen molar-refractivity contribution in [2.75, 3.05) is 25.0 Å². The summed E-state index contributed by atoms with van der Waals surface area (Å²) in [7, 11) is 0. The summed E-state index contributed by atoms with van der Waals surface area (Å²) in [5.41, 5.74) is 0.887. The minimum Gasteiger partial charge on any atom is -0.326 e. The highest BCUT2D eigenvalue weighted by atomic mass is 16.1. The first kappa shape index (κ1) is 13.1. The number of amides is 1. The number of hydrogen-bond donors (Lipinski definition) is 1. The summed E-state index contributed by atoms with van der Waals surface area (Å²) in [6.07, 6.45) is 5.83. The number of para-hydroxylation sites is 1. The van der Waals surface area contributed by atoms with Crippen molar-refractivity contribution in [2.24, 2.45) is 0 Å². The standard InChI is InChI=1S/C15H22N2O/c18-15(16-14-8-4-3-5-9-14)10-13-17-11-6-1-2-7-12-17/h3-5,8-9H,1-2,6-7,10-13H2,(H,16,18). The molecule has 1 aromatic rings. The van der Waals surface area contributed by atoms with Gasteiger partial charge in [0.15, 0.2) is 0 Å². The number of anilines is 1. The Morgan fingerprint density at radius 2 is 1.72 bits per heavy atom. The van der Waals surface area contributed by atoms with Crippen LogP contribution >= 0.6 is 0 Å². The lowest BCUT2D eigenvalue weighted by molar-refractivity contribution is -0.116. The highest BCUT2D eigenvalue weighted by molar-refractivity contribution is 5.90. The molecule has 1 fully saturated rings. The first-order valence-electron chi connectivity index (χ1n) is 6.92. The lowest BCUT2D eigenvalue weighted by Crippen LogP contribution is -2.28. The molecular weight excluding hydrogens is 224 g/mol. The van der Waals surface area contributed by atoms with Crippen LogP contribution in [0.3, 0.4) is 0 Å². The largest absolute Gasteiger partial charge is 0.326 e. The van der Waals surface area contributed by atoms with E-state index in [2.05, 4.69) is 10.2 Å². The molecule has 0 unspecified atom stereocenters. The van der Waals surface area contributed by atoms with Crippen LogP contribution in [0, 0.1) is 0 Å². The Bertz CT molecular complexity index is 356. The predicted molar refractivity (Wildman–Crippen MR) is 74.6 cm³/mol. The first-order valence-corrected chi connectivity index (χ1v) is 6.92. The molecular formula is C15H22N2O. The normalized spacial score (nSPS) is 17.1. The van der Waals surface area contributed by atoms with Crippen LogP contribution < -0.4 is 5.32 Å². The Kier molecular flexibility index (Phi) is 5.21. The van der Waals surface area contributed by atoms with Crippen molar-refractivity contribution in [1.29, 1.82) is 0 Å². The summed E-state index contributed by atoms with van der Waals surface area (Å²) >= 11 is 0. The number of carbonyl (C=O) groups excluding carboxylic acids is 1. The van der Waals surface area contributed by atoms with Gasteiger partial charge in [-0.25, -0.2) is 0 Å². The van der Waals surface area contributed by atoms with Crippen molar-refractivity contribution in [1.82, 2.24) is 4.90 Å². The Labute approximate surface area is 109 Å². The molecule has 1 saturated heterocycles. The minimum atomic E-state index is 0.116. The monoisotopic (exact) mass is 246 g/mol. The zero-order valence-electron chi connectivity index (χ0n) is 10.9. The predicted octanol–water partition coefficient (Wildman–Crippen LogP) is 2.89. The van der Waals surface area contributed by atoms with Crippen molar-refractivity contribution in [3.8, 4) is 0 Å². The smallest absolute Gasteiger partial charge is 0.225 e. The summed E-state index contributed by atoms with van der Waals surface area (Å²) in [5.74, 6) is 0.116. The van der Waals surface area contributed by atoms with Gasteiger partial charge < -0.3 is 10.2 Å². The molecule has 0 saturated carbocycles. The molecule has 98 valence electrons. The first-order chi connectivity index (χ1) is 8.84. The Morgan fingerprint density at radius 1 is 1.06 bits per heavy atom. The second-order valence-corrected chi connectivity index (χ2v) is 4.92. The van der Waals surface area contributed by atoms with E-state index in [1.807, 2.05) is 30.3 Å². The van der Waals surface area contributed by atoms with Crippen molar-refractivity contribution in [3.63, 3.8) is 0 Å². The van der Waals surface area contributed by atoms with Crippen LogP contribution in [0.4, 0.5) is 5.69 Å². The summed E-state index contributed by atoms with van der Waals surface area (Å²) < 4.78 is 0. The fourth-order valence-electron chi connectivity index (χ4n) is 2.36. The van der Waals surface area contributed by atoms with Crippen molar-refractivity contribution < 1.29 is 4.79 Å². The molecule has 1 aliphatic rings. The zero-order chi connectivity index (χ0) is 12.6. The van der Waals surface area contributed by atoms with E-state index in [4.69, 9.17) is 0 Å². The Morgan fingerprint density at radius 3 is 2.39 bits per heavy atom. The third kappa shape index (κ3) is 4.49. The van der Waals surface area contributed by atoms with Gasteiger partial charge in [-0.3, -0.25) is 4.79 Å². The van der Waals surface area contributed by atoms with Crippen LogP contribution in [-0.2, 0) is 4.79 Å². The Hall–Kier alpha value is -1.35. The van der Waals surface area contributed by atoms with Crippen molar-refractivity contribution in [2.45, 2.75) is 32.1 Å². The van der Waals surface area contributed by atoms with E-state index in [-0.39, 0.29) is 5.91 Å². The van der Waals surface area contributed by atoms with E-state index in [0.29, 0.717) is 6.42 Å². The van der Waals surface area contributed by atoms with Gasteiger partial charge in [-0.1, -0.05) is 31.0 Å². The van der Waals surface area contributed by atoms with E-state index in [1.54, 1.807) is 0 Å². The van der Waals surface area contributed by atoms with Crippen LogP contribution in [0.1, 0.15) is 32.1 Å². The van der Waals surface area contributed by atoms with Gasteiger partial charge in [0.2, 0.25) is 5.91 Å². The van der Waals surface area contributed by atoms with E-state index < -0.39 is 0 Å². The SMILES string of the molecule is O=C(CCN1CCCCCC1)Nc1ccccc1. The Balaban J connectivity index is 1.71. The van der Waals surface area contributed by atoms with Gasteiger partial charge in [-0.15, -0.1) is 0 Å². The summed E-state index contributed by atoms with van der Waals surface area (Å²) in [6, 6.07) is 9.66. The van der Waals surface area contributed by atoms with Gasteiger partial charge in [0.25, 0.3) is 0 Å². The van der Waals surface area contributed by atoms with Crippen molar-refractivity contribution in [3.05, 3.63) is 30.3 Å². The molecule has 2 rings (SSSR count). The van der Waals surface area contributed by atoms with E-state index in [9.17, 15) is 4.79 Å². The molecule has 1 N–H and O–H groups in total. The maximum atomic E-state index is 11.8. The minimum absolute atomic E-state index is 0.116. The number of nitrogens with zero attached hydrogens (tertiary/aromatic N) is 1. The maximum absolute atomic E-state index is 11.8.